The number of piperidine rings is 1. The van der Waals surface area contributed by atoms with Crippen LogP contribution in [0.3, 0.4) is 0 Å². The van der Waals surface area contributed by atoms with E-state index >= 15 is 0 Å². The highest BCUT2D eigenvalue weighted by Gasteiger charge is 2.49. The van der Waals surface area contributed by atoms with Crippen molar-refractivity contribution in [2.24, 2.45) is 23.2 Å². The average molecular weight is 221 g/mol. The fourth-order valence-electron chi connectivity index (χ4n) is 4.29. The molecule has 2 bridgehead atoms. The van der Waals surface area contributed by atoms with Gasteiger partial charge in [0.15, 0.2) is 0 Å². The Bertz CT molecular complexity index is 271. The standard InChI is InChI=1S/C15H27N/c1-5-7-11(2)15-9-6-8-14(12(15)3)13(4)16-10-15/h5,7,11-14,16H,6,8-10H2,1-4H3. The Morgan fingerprint density at radius 1 is 1.38 bits per heavy atom. The van der Waals surface area contributed by atoms with E-state index in [4.69, 9.17) is 0 Å². The predicted octanol–water partition coefficient (Wildman–Crippen LogP) is 3.61. The molecule has 5 unspecified atom stereocenters. The topological polar surface area (TPSA) is 12.0 Å². The third-order valence-electron chi connectivity index (χ3n) is 5.51. The minimum absolute atomic E-state index is 0.530. The Kier molecular flexibility index (Phi) is 3.44. The van der Waals surface area contributed by atoms with Crippen LogP contribution in [0.1, 0.15) is 47.0 Å². The van der Waals surface area contributed by atoms with E-state index in [0.29, 0.717) is 5.41 Å². The van der Waals surface area contributed by atoms with Crippen molar-refractivity contribution in [2.75, 3.05) is 6.54 Å². The van der Waals surface area contributed by atoms with Gasteiger partial charge in [0.1, 0.15) is 0 Å². The van der Waals surface area contributed by atoms with Gasteiger partial charge in [0.25, 0.3) is 0 Å². The molecule has 1 heterocycles. The zero-order valence-electron chi connectivity index (χ0n) is 11.3. The molecule has 0 radical (unpaired) electrons. The lowest BCUT2D eigenvalue weighted by molar-refractivity contribution is -0.0302. The molecule has 0 aromatic carbocycles. The highest BCUT2D eigenvalue weighted by Crippen LogP contribution is 2.52. The summed E-state index contributed by atoms with van der Waals surface area (Å²) in [5, 5.41) is 3.76. The minimum atomic E-state index is 0.530. The van der Waals surface area contributed by atoms with Gasteiger partial charge in [0.2, 0.25) is 0 Å². The molecule has 0 spiro atoms. The first-order valence-corrected chi connectivity index (χ1v) is 6.98. The van der Waals surface area contributed by atoms with Crippen LogP contribution in [0, 0.1) is 23.2 Å². The van der Waals surface area contributed by atoms with E-state index in [1.54, 1.807) is 0 Å². The lowest BCUT2D eigenvalue weighted by Gasteiger charge is -2.56. The van der Waals surface area contributed by atoms with Crippen molar-refractivity contribution < 1.29 is 0 Å². The average Bonchev–Trinajstić information content (AvgIpc) is 2.25. The molecule has 1 heteroatoms. The van der Waals surface area contributed by atoms with Crippen LogP contribution in [-0.4, -0.2) is 12.6 Å². The lowest BCUT2D eigenvalue weighted by atomic mass is 9.54. The van der Waals surface area contributed by atoms with Gasteiger partial charge < -0.3 is 5.32 Å². The molecule has 1 nitrogen and oxygen atoms in total. The molecule has 1 aliphatic carbocycles. The van der Waals surface area contributed by atoms with Gasteiger partial charge in [-0.25, -0.2) is 0 Å². The second-order valence-electron chi connectivity index (χ2n) is 6.06. The van der Waals surface area contributed by atoms with Crippen molar-refractivity contribution in [3.8, 4) is 0 Å². The second kappa shape index (κ2) is 4.52. The fourth-order valence-corrected chi connectivity index (χ4v) is 4.29. The molecule has 0 aromatic heterocycles. The van der Waals surface area contributed by atoms with Gasteiger partial charge in [-0.1, -0.05) is 32.4 Å². The smallest absolute Gasteiger partial charge is 0.00699 e. The largest absolute Gasteiger partial charge is 0.313 e. The van der Waals surface area contributed by atoms with Gasteiger partial charge in [-0.15, -0.1) is 0 Å². The molecule has 1 aliphatic heterocycles. The number of allylic oxidation sites excluding steroid dienone is 2. The van der Waals surface area contributed by atoms with Crippen LogP contribution in [0.5, 0.6) is 0 Å². The lowest BCUT2D eigenvalue weighted by Crippen LogP contribution is -2.59. The number of hydrogen-bond donors (Lipinski definition) is 1. The van der Waals surface area contributed by atoms with E-state index in [9.17, 15) is 0 Å². The molecule has 2 rings (SSSR count). The summed E-state index contributed by atoms with van der Waals surface area (Å²) >= 11 is 0. The number of fused-ring (bicyclic) bond motifs is 2. The Hall–Kier alpha value is -0.300. The predicted molar refractivity (Wildman–Crippen MR) is 70.4 cm³/mol. The minimum Gasteiger partial charge on any atom is -0.313 e. The fraction of sp³-hybridized carbons (Fsp3) is 0.867. The van der Waals surface area contributed by atoms with Crippen molar-refractivity contribution in [3.63, 3.8) is 0 Å². The summed E-state index contributed by atoms with van der Waals surface area (Å²) in [4.78, 5) is 0. The van der Waals surface area contributed by atoms with Gasteiger partial charge in [0.05, 0.1) is 0 Å². The Morgan fingerprint density at radius 3 is 2.81 bits per heavy atom. The van der Waals surface area contributed by atoms with Crippen LogP contribution >= 0.6 is 0 Å². The molecule has 1 N–H and O–H groups in total. The van der Waals surface area contributed by atoms with Crippen LogP contribution in [0.4, 0.5) is 0 Å². The number of hydrogen-bond acceptors (Lipinski definition) is 1. The van der Waals surface area contributed by atoms with E-state index < -0.39 is 0 Å². The Labute approximate surface area is 101 Å². The molecule has 2 fully saturated rings. The van der Waals surface area contributed by atoms with Crippen LogP contribution in [0.2, 0.25) is 0 Å². The zero-order valence-corrected chi connectivity index (χ0v) is 11.3. The third-order valence-corrected chi connectivity index (χ3v) is 5.51. The van der Waals surface area contributed by atoms with Gasteiger partial charge in [-0.2, -0.15) is 0 Å². The summed E-state index contributed by atoms with van der Waals surface area (Å²) < 4.78 is 0. The van der Waals surface area contributed by atoms with Crippen LogP contribution in [0.15, 0.2) is 12.2 Å². The molecule has 0 aromatic rings. The maximum atomic E-state index is 3.76. The van der Waals surface area contributed by atoms with Crippen molar-refractivity contribution in [2.45, 2.75) is 53.0 Å². The molecule has 1 saturated carbocycles. The molecule has 5 atom stereocenters. The summed E-state index contributed by atoms with van der Waals surface area (Å²) in [5.74, 6) is 2.49. The molecule has 1 saturated heterocycles. The van der Waals surface area contributed by atoms with Crippen LogP contribution < -0.4 is 5.32 Å². The summed E-state index contributed by atoms with van der Waals surface area (Å²) in [6, 6.07) is 0.723. The normalized spacial score (nSPS) is 45.9. The first-order chi connectivity index (χ1) is 7.62. The van der Waals surface area contributed by atoms with E-state index in [1.165, 1.54) is 25.8 Å². The van der Waals surface area contributed by atoms with Gasteiger partial charge in [-0.05, 0) is 49.9 Å². The Morgan fingerprint density at radius 2 is 2.12 bits per heavy atom. The van der Waals surface area contributed by atoms with Crippen molar-refractivity contribution in [1.29, 1.82) is 0 Å². The maximum absolute atomic E-state index is 3.76. The SMILES string of the molecule is CC=CC(C)C12CCCC(C(C)NC1)C2C. The molecular formula is C15H27N. The summed E-state index contributed by atoms with van der Waals surface area (Å²) in [7, 11) is 0. The molecular weight excluding hydrogens is 194 g/mol. The van der Waals surface area contributed by atoms with Crippen molar-refractivity contribution in [3.05, 3.63) is 12.2 Å². The first kappa shape index (κ1) is 12.2. The van der Waals surface area contributed by atoms with Crippen molar-refractivity contribution >= 4 is 0 Å². The summed E-state index contributed by atoms with van der Waals surface area (Å²) in [6.45, 7) is 10.7. The van der Waals surface area contributed by atoms with Gasteiger partial charge in [-0.3, -0.25) is 0 Å². The highest BCUT2D eigenvalue weighted by atomic mass is 15.0. The number of nitrogens with one attached hydrogen (secondary N) is 1. The molecule has 2 aliphatic rings. The highest BCUT2D eigenvalue weighted by molar-refractivity contribution is 5.06. The molecule has 16 heavy (non-hydrogen) atoms. The van der Waals surface area contributed by atoms with Crippen molar-refractivity contribution in [1.82, 2.24) is 5.32 Å². The van der Waals surface area contributed by atoms with Gasteiger partial charge in [0, 0.05) is 12.6 Å². The van der Waals surface area contributed by atoms with E-state index in [1.807, 2.05) is 0 Å². The quantitative estimate of drug-likeness (QED) is 0.702. The van der Waals surface area contributed by atoms with E-state index in [2.05, 4.69) is 45.2 Å². The molecule has 0 amide bonds. The molecule has 92 valence electrons. The number of rotatable bonds is 2. The Balaban J connectivity index is 2.24. The van der Waals surface area contributed by atoms with Gasteiger partial charge >= 0.3 is 0 Å². The maximum Gasteiger partial charge on any atom is 0.00699 e. The van der Waals surface area contributed by atoms with E-state index in [0.717, 1.165) is 23.8 Å². The van der Waals surface area contributed by atoms with E-state index in [-0.39, 0.29) is 0 Å². The first-order valence-electron chi connectivity index (χ1n) is 6.98. The van der Waals surface area contributed by atoms with Crippen LogP contribution in [-0.2, 0) is 0 Å². The monoisotopic (exact) mass is 221 g/mol. The summed E-state index contributed by atoms with van der Waals surface area (Å²) in [5.41, 5.74) is 0.530. The second-order valence-corrected chi connectivity index (χ2v) is 6.06. The summed E-state index contributed by atoms with van der Waals surface area (Å²) in [6.07, 6.45) is 8.92. The van der Waals surface area contributed by atoms with Crippen LogP contribution in [0.25, 0.3) is 0 Å². The zero-order chi connectivity index (χ0) is 11.8. The third kappa shape index (κ3) is 1.73.